The molecule has 0 amide bonds. The van der Waals surface area contributed by atoms with Gasteiger partial charge in [-0.15, -0.1) is 0 Å². The molecule has 25 heavy (non-hydrogen) atoms. The zero-order valence-corrected chi connectivity index (χ0v) is 15.1. The van der Waals surface area contributed by atoms with Crippen molar-refractivity contribution in [1.29, 1.82) is 0 Å². The quantitative estimate of drug-likeness (QED) is 0.685. The molecular formula is C20H19ClN2O2. The Labute approximate surface area is 151 Å². The van der Waals surface area contributed by atoms with Crippen molar-refractivity contribution in [3.05, 3.63) is 69.5 Å². The third-order valence-electron chi connectivity index (χ3n) is 3.78. The summed E-state index contributed by atoms with van der Waals surface area (Å²) in [4.78, 5) is 17.4. The van der Waals surface area contributed by atoms with Crippen molar-refractivity contribution in [3.8, 4) is 11.6 Å². The molecule has 2 aromatic carbocycles. The lowest BCUT2D eigenvalue weighted by atomic mass is 10.1. The number of aromatic nitrogens is 1. The van der Waals surface area contributed by atoms with Crippen LogP contribution in [-0.2, 0) is 0 Å². The van der Waals surface area contributed by atoms with Gasteiger partial charge in [0.1, 0.15) is 0 Å². The highest BCUT2D eigenvalue weighted by Gasteiger charge is 2.18. The average molecular weight is 355 g/mol. The van der Waals surface area contributed by atoms with Crippen LogP contribution in [0, 0.1) is 0 Å². The van der Waals surface area contributed by atoms with Crippen LogP contribution in [0.25, 0.3) is 16.5 Å². The second kappa shape index (κ2) is 6.37. The molecule has 0 radical (unpaired) electrons. The molecule has 3 aromatic rings. The summed E-state index contributed by atoms with van der Waals surface area (Å²) in [6, 6.07) is 14.1. The van der Waals surface area contributed by atoms with E-state index >= 15 is 0 Å². The standard InChI is InChI=1S/C20H19ClN2O2/c1-20(2,3)22-12-15-13-8-4-5-9-14(13)18(24)23(19(15)25)17-11-7-6-10-16(17)21/h4-12,25H,1-3H3. The fourth-order valence-corrected chi connectivity index (χ4v) is 2.82. The van der Waals surface area contributed by atoms with E-state index in [0.29, 0.717) is 27.0 Å². The molecule has 0 bridgehead atoms. The lowest BCUT2D eigenvalue weighted by Crippen LogP contribution is -2.20. The summed E-state index contributed by atoms with van der Waals surface area (Å²) in [6.45, 7) is 5.90. The van der Waals surface area contributed by atoms with Crippen LogP contribution in [-0.4, -0.2) is 21.4 Å². The van der Waals surface area contributed by atoms with Crippen LogP contribution in [0.2, 0.25) is 5.02 Å². The number of halogens is 1. The normalized spacial score (nSPS) is 12.2. The lowest BCUT2D eigenvalue weighted by Gasteiger charge is -2.16. The first kappa shape index (κ1) is 17.2. The Morgan fingerprint density at radius 2 is 1.64 bits per heavy atom. The number of aliphatic imine (C=N–C) groups is 1. The first-order valence-corrected chi connectivity index (χ1v) is 8.34. The fraction of sp³-hybridized carbons (Fsp3) is 0.200. The van der Waals surface area contributed by atoms with Gasteiger partial charge in [-0.2, -0.15) is 0 Å². The van der Waals surface area contributed by atoms with Gasteiger partial charge in [-0.05, 0) is 39.0 Å². The minimum absolute atomic E-state index is 0.176. The van der Waals surface area contributed by atoms with Gasteiger partial charge in [-0.3, -0.25) is 9.79 Å². The molecule has 0 unspecified atom stereocenters. The molecule has 1 heterocycles. The first-order valence-electron chi connectivity index (χ1n) is 7.96. The molecule has 3 rings (SSSR count). The summed E-state index contributed by atoms with van der Waals surface area (Å²) in [5, 5.41) is 12.4. The van der Waals surface area contributed by atoms with Gasteiger partial charge in [0.25, 0.3) is 5.56 Å². The number of aromatic hydroxyl groups is 1. The molecule has 5 heteroatoms. The number of fused-ring (bicyclic) bond motifs is 1. The predicted octanol–water partition coefficient (Wildman–Crippen LogP) is 4.57. The maximum atomic E-state index is 13.0. The largest absolute Gasteiger partial charge is 0.494 e. The van der Waals surface area contributed by atoms with Gasteiger partial charge in [-0.1, -0.05) is 41.9 Å². The number of rotatable bonds is 2. The minimum atomic E-state index is -0.325. The Morgan fingerprint density at radius 3 is 2.28 bits per heavy atom. The molecule has 0 aliphatic heterocycles. The van der Waals surface area contributed by atoms with Crippen molar-refractivity contribution in [3.63, 3.8) is 0 Å². The van der Waals surface area contributed by atoms with E-state index in [9.17, 15) is 9.90 Å². The molecule has 0 spiro atoms. The highest BCUT2D eigenvalue weighted by molar-refractivity contribution is 6.32. The van der Waals surface area contributed by atoms with Gasteiger partial charge in [0.2, 0.25) is 5.88 Å². The van der Waals surface area contributed by atoms with Gasteiger partial charge >= 0.3 is 0 Å². The Kier molecular flexibility index (Phi) is 4.39. The topological polar surface area (TPSA) is 54.6 Å². The maximum Gasteiger partial charge on any atom is 0.265 e. The third kappa shape index (κ3) is 3.30. The predicted molar refractivity (Wildman–Crippen MR) is 104 cm³/mol. The molecule has 0 atom stereocenters. The van der Waals surface area contributed by atoms with E-state index in [2.05, 4.69) is 4.99 Å². The number of para-hydroxylation sites is 1. The van der Waals surface area contributed by atoms with Crippen molar-refractivity contribution in [1.82, 2.24) is 4.57 Å². The second-order valence-corrected chi connectivity index (χ2v) is 7.21. The van der Waals surface area contributed by atoms with Crippen LogP contribution >= 0.6 is 11.6 Å². The smallest absolute Gasteiger partial charge is 0.265 e. The number of nitrogens with zero attached hydrogens (tertiary/aromatic N) is 2. The monoisotopic (exact) mass is 354 g/mol. The molecule has 0 aliphatic carbocycles. The van der Waals surface area contributed by atoms with Crippen LogP contribution in [0.5, 0.6) is 5.88 Å². The Bertz CT molecular complexity index is 1030. The van der Waals surface area contributed by atoms with E-state index in [0.717, 1.165) is 0 Å². The van der Waals surface area contributed by atoms with Gasteiger partial charge in [0.15, 0.2) is 0 Å². The van der Waals surface area contributed by atoms with Gasteiger partial charge in [0.05, 0.1) is 21.8 Å². The highest BCUT2D eigenvalue weighted by atomic mass is 35.5. The van der Waals surface area contributed by atoms with Crippen molar-refractivity contribution in [2.24, 2.45) is 4.99 Å². The van der Waals surface area contributed by atoms with E-state index in [1.165, 1.54) is 4.57 Å². The first-order chi connectivity index (χ1) is 11.8. The average Bonchev–Trinajstić information content (AvgIpc) is 2.55. The zero-order valence-electron chi connectivity index (χ0n) is 14.3. The van der Waals surface area contributed by atoms with Crippen molar-refractivity contribution in [2.45, 2.75) is 26.3 Å². The van der Waals surface area contributed by atoms with Crippen molar-refractivity contribution < 1.29 is 5.11 Å². The third-order valence-corrected chi connectivity index (χ3v) is 4.10. The highest BCUT2D eigenvalue weighted by Crippen LogP contribution is 2.29. The second-order valence-electron chi connectivity index (χ2n) is 6.80. The van der Waals surface area contributed by atoms with E-state index in [1.54, 1.807) is 48.7 Å². The van der Waals surface area contributed by atoms with Crippen LogP contribution in [0.4, 0.5) is 0 Å². The van der Waals surface area contributed by atoms with E-state index in [4.69, 9.17) is 11.6 Å². The van der Waals surface area contributed by atoms with Gasteiger partial charge in [0, 0.05) is 17.0 Å². The van der Waals surface area contributed by atoms with Crippen LogP contribution in [0.3, 0.4) is 0 Å². The van der Waals surface area contributed by atoms with E-state index in [-0.39, 0.29) is 17.0 Å². The summed E-state index contributed by atoms with van der Waals surface area (Å²) in [6.07, 6.45) is 1.62. The number of hydrogen-bond acceptors (Lipinski definition) is 3. The van der Waals surface area contributed by atoms with Gasteiger partial charge < -0.3 is 5.11 Å². The number of hydrogen-bond donors (Lipinski definition) is 1. The van der Waals surface area contributed by atoms with Crippen molar-refractivity contribution in [2.75, 3.05) is 0 Å². The van der Waals surface area contributed by atoms with Gasteiger partial charge in [-0.25, -0.2) is 4.57 Å². The summed E-state index contributed by atoms with van der Waals surface area (Å²) in [5.41, 5.74) is 0.292. The molecule has 0 saturated carbocycles. The summed E-state index contributed by atoms with van der Waals surface area (Å²) in [7, 11) is 0. The van der Waals surface area contributed by atoms with Crippen molar-refractivity contribution >= 4 is 28.6 Å². The zero-order chi connectivity index (χ0) is 18.2. The summed E-state index contributed by atoms with van der Waals surface area (Å²) in [5.74, 6) is -0.176. The Morgan fingerprint density at radius 1 is 1.04 bits per heavy atom. The van der Waals surface area contributed by atoms with E-state index < -0.39 is 0 Å². The summed E-state index contributed by atoms with van der Waals surface area (Å²) >= 11 is 6.25. The molecule has 1 aromatic heterocycles. The molecular weight excluding hydrogens is 336 g/mol. The van der Waals surface area contributed by atoms with Crippen LogP contribution in [0.15, 0.2) is 58.3 Å². The molecule has 128 valence electrons. The number of benzene rings is 2. The Balaban J connectivity index is 2.42. The van der Waals surface area contributed by atoms with Crippen LogP contribution < -0.4 is 5.56 Å². The molecule has 4 nitrogen and oxygen atoms in total. The SMILES string of the molecule is CC(C)(C)N=Cc1c(O)n(-c2ccccc2Cl)c(=O)c2ccccc12. The Hall–Kier alpha value is -2.59. The number of pyridine rings is 1. The summed E-state index contributed by atoms with van der Waals surface area (Å²) < 4.78 is 1.23. The molecule has 0 fully saturated rings. The van der Waals surface area contributed by atoms with E-state index in [1.807, 2.05) is 26.8 Å². The molecule has 0 aliphatic rings. The lowest BCUT2D eigenvalue weighted by molar-refractivity contribution is 0.436. The molecule has 1 N–H and O–H groups in total. The minimum Gasteiger partial charge on any atom is -0.494 e. The fourth-order valence-electron chi connectivity index (χ4n) is 2.60. The van der Waals surface area contributed by atoms with Crippen LogP contribution in [0.1, 0.15) is 26.3 Å². The molecule has 0 saturated heterocycles. The maximum absolute atomic E-state index is 13.0.